The van der Waals surface area contributed by atoms with E-state index in [0.717, 1.165) is 12.3 Å². The van der Waals surface area contributed by atoms with Gasteiger partial charge in [0.15, 0.2) is 0 Å². The number of pyridine rings is 1. The maximum Gasteiger partial charge on any atom is 0.417 e. The van der Waals surface area contributed by atoms with E-state index in [0.29, 0.717) is 6.20 Å². The third-order valence-electron chi connectivity index (χ3n) is 2.53. The summed E-state index contributed by atoms with van der Waals surface area (Å²) in [5, 5.41) is 12.0. The van der Waals surface area contributed by atoms with Gasteiger partial charge in [-0.3, -0.25) is 9.78 Å². The highest BCUT2D eigenvalue weighted by molar-refractivity contribution is 6.31. The topological polar surface area (TPSA) is 62.2 Å². The molecule has 2 rings (SSSR count). The quantitative estimate of drug-likeness (QED) is 0.887. The minimum absolute atomic E-state index is 0.144. The smallest absolute Gasteiger partial charge is 0.417 e. The van der Waals surface area contributed by atoms with Crippen LogP contribution in [-0.2, 0) is 6.18 Å². The van der Waals surface area contributed by atoms with Crippen molar-refractivity contribution in [3.05, 3.63) is 52.8 Å². The molecule has 0 saturated heterocycles. The normalized spacial score (nSPS) is 11.2. The Labute approximate surface area is 122 Å². The summed E-state index contributed by atoms with van der Waals surface area (Å²) in [5.74, 6) is -1.13. The van der Waals surface area contributed by atoms with E-state index in [2.05, 4.69) is 10.3 Å². The Kier molecular flexibility index (Phi) is 4.04. The molecule has 0 fully saturated rings. The van der Waals surface area contributed by atoms with Crippen molar-refractivity contribution in [2.24, 2.45) is 0 Å². The number of phenolic OH excluding ortho intramolecular Hbond substituents is 1. The predicted molar refractivity (Wildman–Crippen MR) is 70.3 cm³/mol. The molecule has 2 aromatic rings. The number of carbonyl (C=O) groups excluding carboxylic acids is 1. The van der Waals surface area contributed by atoms with Crippen molar-refractivity contribution >= 4 is 23.2 Å². The van der Waals surface area contributed by atoms with Crippen LogP contribution >= 0.6 is 11.6 Å². The Balaban J connectivity index is 2.26. The number of anilines is 1. The van der Waals surface area contributed by atoms with Gasteiger partial charge in [-0.15, -0.1) is 0 Å². The van der Waals surface area contributed by atoms with Gasteiger partial charge in [-0.25, -0.2) is 0 Å². The Morgan fingerprint density at radius 2 is 1.95 bits per heavy atom. The van der Waals surface area contributed by atoms with Crippen LogP contribution in [0, 0.1) is 0 Å². The highest BCUT2D eigenvalue weighted by Gasteiger charge is 2.31. The second kappa shape index (κ2) is 5.61. The number of benzene rings is 1. The van der Waals surface area contributed by atoms with E-state index in [4.69, 9.17) is 11.6 Å². The molecule has 21 heavy (non-hydrogen) atoms. The Morgan fingerprint density at radius 3 is 2.62 bits per heavy atom. The molecule has 0 atom stereocenters. The number of phenols is 1. The lowest BCUT2D eigenvalue weighted by molar-refractivity contribution is -0.137. The number of rotatable bonds is 2. The van der Waals surface area contributed by atoms with Gasteiger partial charge in [-0.05, 0) is 24.3 Å². The number of amides is 1. The highest BCUT2D eigenvalue weighted by Crippen LogP contribution is 2.30. The molecule has 8 heteroatoms. The van der Waals surface area contributed by atoms with Gasteiger partial charge < -0.3 is 10.4 Å². The number of carbonyl (C=O) groups is 1. The van der Waals surface area contributed by atoms with Crippen molar-refractivity contribution in [1.82, 2.24) is 4.98 Å². The molecule has 1 amide bonds. The Hall–Kier alpha value is -2.28. The van der Waals surface area contributed by atoms with Gasteiger partial charge in [0, 0.05) is 11.2 Å². The largest absolute Gasteiger partial charge is 0.507 e. The van der Waals surface area contributed by atoms with Crippen LogP contribution in [0.5, 0.6) is 5.75 Å². The zero-order valence-electron chi connectivity index (χ0n) is 10.3. The number of aromatic hydroxyl groups is 1. The van der Waals surface area contributed by atoms with Gasteiger partial charge in [0.25, 0.3) is 5.91 Å². The Bertz CT molecular complexity index is 689. The van der Waals surface area contributed by atoms with E-state index in [1.54, 1.807) is 0 Å². The van der Waals surface area contributed by atoms with Gasteiger partial charge in [0.05, 0.1) is 23.0 Å². The maximum absolute atomic E-state index is 12.5. The lowest BCUT2D eigenvalue weighted by Gasteiger charge is -2.10. The molecule has 2 N–H and O–H groups in total. The second-order valence-corrected chi connectivity index (χ2v) is 4.51. The van der Waals surface area contributed by atoms with E-state index in [9.17, 15) is 23.1 Å². The zero-order chi connectivity index (χ0) is 15.6. The summed E-state index contributed by atoms with van der Waals surface area (Å²) >= 11 is 5.70. The number of alkyl halides is 3. The number of nitrogens with one attached hydrogen (secondary N) is 1. The van der Waals surface area contributed by atoms with Gasteiger partial charge in [-0.1, -0.05) is 11.6 Å². The molecule has 4 nitrogen and oxygen atoms in total. The SMILES string of the molecule is O=C(Nc1cncc(C(F)(F)F)c1)c1cc(Cl)ccc1O. The van der Waals surface area contributed by atoms with Crippen molar-refractivity contribution in [3.8, 4) is 5.75 Å². The minimum atomic E-state index is -4.56. The standard InChI is InChI=1S/C13H8ClF3N2O2/c14-8-1-2-11(20)10(4-8)12(21)19-9-3-7(5-18-6-9)13(15,16)17/h1-6,20H,(H,19,21). The number of hydrogen-bond donors (Lipinski definition) is 2. The average molecular weight is 317 g/mol. The summed E-state index contributed by atoms with van der Waals surface area (Å²) in [4.78, 5) is 15.3. The van der Waals surface area contributed by atoms with Crippen molar-refractivity contribution in [3.63, 3.8) is 0 Å². The average Bonchev–Trinajstić information content (AvgIpc) is 2.41. The van der Waals surface area contributed by atoms with Crippen LogP contribution in [0.4, 0.5) is 18.9 Å². The fourth-order valence-corrected chi connectivity index (χ4v) is 1.72. The first kappa shape index (κ1) is 15.1. The number of nitrogens with zero attached hydrogens (tertiary/aromatic N) is 1. The molecule has 0 radical (unpaired) electrons. The first-order valence-electron chi connectivity index (χ1n) is 5.59. The van der Waals surface area contributed by atoms with E-state index in [1.807, 2.05) is 0 Å². The number of hydrogen-bond acceptors (Lipinski definition) is 3. The molecule has 0 aliphatic rings. The molecular weight excluding hydrogens is 309 g/mol. The summed E-state index contributed by atoms with van der Waals surface area (Å²) in [7, 11) is 0. The van der Waals surface area contributed by atoms with Gasteiger partial charge in [-0.2, -0.15) is 13.2 Å². The summed E-state index contributed by atoms with van der Waals surface area (Å²) in [6, 6.07) is 4.53. The molecule has 0 spiro atoms. The molecule has 1 heterocycles. The maximum atomic E-state index is 12.5. The highest BCUT2D eigenvalue weighted by atomic mass is 35.5. The van der Waals surface area contributed by atoms with E-state index >= 15 is 0 Å². The van der Waals surface area contributed by atoms with Crippen LogP contribution in [0.3, 0.4) is 0 Å². The van der Waals surface area contributed by atoms with Gasteiger partial charge in [0.1, 0.15) is 5.75 Å². The molecular formula is C13H8ClF3N2O2. The van der Waals surface area contributed by atoms with Gasteiger partial charge in [0.2, 0.25) is 0 Å². The summed E-state index contributed by atoms with van der Waals surface area (Å²) < 4.78 is 37.6. The fraction of sp³-hybridized carbons (Fsp3) is 0.0769. The van der Waals surface area contributed by atoms with Crippen LogP contribution in [0.15, 0.2) is 36.7 Å². The monoisotopic (exact) mass is 316 g/mol. The van der Waals surface area contributed by atoms with Crippen LogP contribution in [0.1, 0.15) is 15.9 Å². The third kappa shape index (κ3) is 3.63. The van der Waals surface area contributed by atoms with Crippen molar-refractivity contribution in [1.29, 1.82) is 0 Å². The van der Waals surface area contributed by atoms with Crippen LogP contribution in [0.2, 0.25) is 5.02 Å². The number of aromatic nitrogens is 1. The second-order valence-electron chi connectivity index (χ2n) is 4.08. The Morgan fingerprint density at radius 1 is 1.24 bits per heavy atom. The summed E-state index contributed by atoms with van der Waals surface area (Å²) in [5.41, 5.74) is -1.29. The molecule has 0 unspecified atom stereocenters. The predicted octanol–water partition coefficient (Wildman–Crippen LogP) is 3.71. The van der Waals surface area contributed by atoms with E-state index in [-0.39, 0.29) is 22.0 Å². The van der Waals surface area contributed by atoms with Crippen LogP contribution in [0.25, 0.3) is 0 Å². The minimum Gasteiger partial charge on any atom is -0.507 e. The molecule has 110 valence electrons. The fourth-order valence-electron chi connectivity index (χ4n) is 1.55. The summed E-state index contributed by atoms with van der Waals surface area (Å²) in [6.45, 7) is 0. The van der Waals surface area contributed by atoms with Crippen molar-refractivity contribution < 1.29 is 23.1 Å². The lowest BCUT2D eigenvalue weighted by Crippen LogP contribution is -2.13. The summed E-state index contributed by atoms with van der Waals surface area (Å²) in [6.07, 6.45) is -2.85. The van der Waals surface area contributed by atoms with Crippen molar-refractivity contribution in [2.75, 3.05) is 5.32 Å². The molecule has 0 bridgehead atoms. The van der Waals surface area contributed by atoms with Gasteiger partial charge >= 0.3 is 6.18 Å². The third-order valence-corrected chi connectivity index (χ3v) is 2.76. The first-order chi connectivity index (χ1) is 9.77. The molecule has 0 aliphatic heterocycles. The molecule has 1 aromatic carbocycles. The molecule has 1 aromatic heterocycles. The lowest BCUT2D eigenvalue weighted by atomic mass is 10.2. The molecule has 0 aliphatic carbocycles. The van der Waals surface area contributed by atoms with Crippen LogP contribution < -0.4 is 5.32 Å². The van der Waals surface area contributed by atoms with E-state index < -0.39 is 17.6 Å². The first-order valence-corrected chi connectivity index (χ1v) is 5.97. The zero-order valence-corrected chi connectivity index (χ0v) is 11.0. The van der Waals surface area contributed by atoms with Crippen molar-refractivity contribution in [2.45, 2.75) is 6.18 Å². The van der Waals surface area contributed by atoms with E-state index in [1.165, 1.54) is 18.2 Å². The van der Waals surface area contributed by atoms with Crippen LogP contribution in [-0.4, -0.2) is 16.0 Å². The number of halogens is 4. The molecule has 0 saturated carbocycles.